The van der Waals surface area contributed by atoms with Gasteiger partial charge in [-0.25, -0.2) is 0 Å². The maximum Gasteiger partial charge on any atom is 0.0372 e. The molecule has 0 aromatic heterocycles. The number of allylic oxidation sites excluding steroid dienone is 2. The lowest BCUT2D eigenvalue weighted by Crippen LogP contribution is -2.15. The molecule has 2 rings (SSSR count). The molecule has 0 amide bonds. The molecule has 1 aromatic carbocycles. The zero-order valence-corrected chi connectivity index (χ0v) is 10.3. The van der Waals surface area contributed by atoms with Gasteiger partial charge in [0.1, 0.15) is 0 Å². The topological polar surface area (TPSA) is 12.0 Å². The molecule has 0 bridgehead atoms. The minimum atomic E-state index is 0.810. The van der Waals surface area contributed by atoms with Crippen molar-refractivity contribution in [2.45, 2.75) is 33.1 Å². The van der Waals surface area contributed by atoms with Crippen LogP contribution in [0.25, 0.3) is 0 Å². The van der Waals surface area contributed by atoms with Gasteiger partial charge in [0, 0.05) is 12.2 Å². The van der Waals surface area contributed by atoms with Gasteiger partial charge >= 0.3 is 0 Å². The number of rotatable bonds is 3. The molecule has 1 atom stereocenters. The summed E-state index contributed by atoms with van der Waals surface area (Å²) in [6, 6.07) is 6.48. The van der Waals surface area contributed by atoms with Crippen LogP contribution in [0.3, 0.4) is 0 Å². The van der Waals surface area contributed by atoms with Gasteiger partial charge in [0.25, 0.3) is 0 Å². The highest BCUT2D eigenvalue weighted by Gasteiger charge is 2.09. The molecule has 0 saturated heterocycles. The van der Waals surface area contributed by atoms with E-state index in [9.17, 15) is 0 Å². The summed E-state index contributed by atoms with van der Waals surface area (Å²) in [5.41, 5.74) is 4.05. The number of nitrogens with one attached hydrogen (secondary N) is 1. The van der Waals surface area contributed by atoms with Gasteiger partial charge in [-0.15, -0.1) is 0 Å². The Kier molecular flexibility index (Phi) is 3.66. The third-order valence-electron chi connectivity index (χ3n) is 3.56. The molecule has 0 aliphatic heterocycles. The molecule has 1 N–H and O–H groups in total. The summed E-state index contributed by atoms with van der Waals surface area (Å²) in [6.07, 6.45) is 8.43. The van der Waals surface area contributed by atoms with Gasteiger partial charge in [-0.1, -0.05) is 24.3 Å². The predicted octanol–water partition coefficient (Wildman–Crippen LogP) is 4.07. The maximum absolute atomic E-state index is 3.59. The molecule has 1 nitrogen and oxygen atoms in total. The molecule has 1 aliphatic carbocycles. The number of aryl methyl sites for hydroxylation is 1. The van der Waals surface area contributed by atoms with E-state index in [1.807, 2.05) is 0 Å². The van der Waals surface area contributed by atoms with E-state index in [1.165, 1.54) is 36.1 Å². The van der Waals surface area contributed by atoms with E-state index in [4.69, 9.17) is 0 Å². The van der Waals surface area contributed by atoms with Gasteiger partial charge in [0.05, 0.1) is 0 Å². The monoisotopic (exact) mass is 215 g/mol. The molecule has 16 heavy (non-hydrogen) atoms. The highest BCUT2D eigenvalue weighted by Crippen LogP contribution is 2.21. The van der Waals surface area contributed by atoms with E-state index in [0.717, 1.165) is 12.5 Å². The maximum atomic E-state index is 3.59. The van der Waals surface area contributed by atoms with Crippen molar-refractivity contribution < 1.29 is 0 Å². The quantitative estimate of drug-likeness (QED) is 0.749. The molecule has 86 valence electrons. The Hall–Kier alpha value is -1.24. The van der Waals surface area contributed by atoms with Crippen LogP contribution in [-0.2, 0) is 0 Å². The minimum Gasteiger partial charge on any atom is -0.385 e. The number of hydrogen-bond acceptors (Lipinski definition) is 1. The van der Waals surface area contributed by atoms with E-state index in [-0.39, 0.29) is 0 Å². The van der Waals surface area contributed by atoms with E-state index in [1.54, 1.807) is 0 Å². The molecule has 1 aromatic rings. The van der Waals surface area contributed by atoms with Gasteiger partial charge in [-0.3, -0.25) is 0 Å². The second-order valence-corrected chi connectivity index (χ2v) is 4.78. The number of benzene rings is 1. The summed E-state index contributed by atoms with van der Waals surface area (Å²) in [7, 11) is 0. The van der Waals surface area contributed by atoms with E-state index < -0.39 is 0 Å². The van der Waals surface area contributed by atoms with Crippen LogP contribution >= 0.6 is 0 Å². The van der Waals surface area contributed by atoms with E-state index >= 15 is 0 Å². The van der Waals surface area contributed by atoms with Crippen molar-refractivity contribution in [2.24, 2.45) is 5.92 Å². The summed E-state index contributed by atoms with van der Waals surface area (Å²) >= 11 is 0. The zero-order valence-electron chi connectivity index (χ0n) is 10.3. The first-order valence-electron chi connectivity index (χ1n) is 6.22. The van der Waals surface area contributed by atoms with Gasteiger partial charge < -0.3 is 5.32 Å². The summed E-state index contributed by atoms with van der Waals surface area (Å²) in [5, 5.41) is 3.59. The Morgan fingerprint density at radius 3 is 2.88 bits per heavy atom. The standard InChI is InChI=1S/C15H21N/c1-12-7-6-10-15(13(12)2)16-11-14-8-4-3-5-9-14/h3-4,6-7,10,14,16H,5,8-9,11H2,1-2H3. The van der Waals surface area contributed by atoms with E-state index in [2.05, 4.69) is 49.5 Å². The van der Waals surface area contributed by atoms with Crippen LogP contribution in [0.15, 0.2) is 30.4 Å². The fourth-order valence-electron chi connectivity index (χ4n) is 2.24. The Balaban J connectivity index is 1.94. The van der Waals surface area contributed by atoms with Gasteiger partial charge in [-0.05, 0) is 56.2 Å². The van der Waals surface area contributed by atoms with E-state index in [0.29, 0.717) is 0 Å². The third-order valence-corrected chi connectivity index (χ3v) is 3.56. The van der Waals surface area contributed by atoms with Crippen molar-refractivity contribution in [1.82, 2.24) is 0 Å². The third kappa shape index (κ3) is 2.66. The first-order chi connectivity index (χ1) is 7.77. The molecular formula is C15H21N. The highest BCUT2D eigenvalue weighted by atomic mass is 14.9. The average molecular weight is 215 g/mol. The largest absolute Gasteiger partial charge is 0.385 e. The lowest BCUT2D eigenvalue weighted by Gasteiger charge is -2.20. The van der Waals surface area contributed by atoms with Crippen LogP contribution in [0, 0.1) is 19.8 Å². The summed E-state index contributed by atoms with van der Waals surface area (Å²) in [6.45, 7) is 5.47. The summed E-state index contributed by atoms with van der Waals surface area (Å²) < 4.78 is 0. The Bertz CT molecular complexity index is 379. The summed E-state index contributed by atoms with van der Waals surface area (Å²) in [5.74, 6) is 0.810. The molecular weight excluding hydrogens is 194 g/mol. The highest BCUT2D eigenvalue weighted by molar-refractivity contribution is 5.53. The molecule has 0 radical (unpaired) electrons. The van der Waals surface area contributed by atoms with Crippen molar-refractivity contribution in [2.75, 3.05) is 11.9 Å². The fraction of sp³-hybridized carbons (Fsp3) is 0.467. The molecule has 0 heterocycles. The Morgan fingerprint density at radius 2 is 2.12 bits per heavy atom. The van der Waals surface area contributed by atoms with Crippen LogP contribution in [0.1, 0.15) is 30.4 Å². The normalized spacial score (nSPS) is 19.8. The first-order valence-corrected chi connectivity index (χ1v) is 6.22. The van der Waals surface area contributed by atoms with Gasteiger partial charge in [-0.2, -0.15) is 0 Å². The molecule has 1 aliphatic rings. The Morgan fingerprint density at radius 1 is 1.25 bits per heavy atom. The lowest BCUT2D eigenvalue weighted by molar-refractivity contribution is 0.504. The van der Waals surface area contributed by atoms with Crippen LogP contribution in [0.2, 0.25) is 0 Å². The van der Waals surface area contributed by atoms with Crippen molar-refractivity contribution >= 4 is 5.69 Å². The second kappa shape index (κ2) is 5.20. The average Bonchev–Trinajstić information content (AvgIpc) is 2.32. The van der Waals surface area contributed by atoms with Crippen molar-refractivity contribution in [1.29, 1.82) is 0 Å². The van der Waals surface area contributed by atoms with Crippen molar-refractivity contribution in [3.63, 3.8) is 0 Å². The lowest BCUT2D eigenvalue weighted by atomic mass is 9.94. The summed E-state index contributed by atoms with van der Waals surface area (Å²) in [4.78, 5) is 0. The Labute approximate surface area is 98.6 Å². The molecule has 1 unspecified atom stereocenters. The van der Waals surface area contributed by atoms with Crippen LogP contribution in [0.4, 0.5) is 5.69 Å². The zero-order chi connectivity index (χ0) is 11.4. The molecule has 1 heteroatoms. The SMILES string of the molecule is Cc1cccc(NCC2CC=CCC2)c1C. The smallest absolute Gasteiger partial charge is 0.0372 e. The molecule has 0 saturated carbocycles. The van der Waals surface area contributed by atoms with Crippen LogP contribution < -0.4 is 5.32 Å². The van der Waals surface area contributed by atoms with Crippen LogP contribution in [-0.4, -0.2) is 6.54 Å². The van der Waals surface area contributed by atoms with Crippen molar-refractivity contribution in [3.05, 3.63) is 41.5 Å². The number of hydrogen-bond donors (Lipinski definition) is 1. The van der Waals surface area contributed by atoms with Gasteiger partial charge in [0.15, 0.2) is 0 Å². The molecule has 0 fully saturated rings. The number of anilines is 1. The first kappa shape index (κ1) is 11.3. The fourth-order valence-corrected chi connectivity index (χ4v) is 2.24. The second-order valence-electron chi connectivity index (χ2n) is 4.78. The van der Waals surface area contributed by atoms with Crippen molar-refractivity contribution in [3.8, 4) is 0 Å². The van der Waals surface area contributed by atoms with Gasteiger partial charge in [0.2, 0.25) is 0 Å². The minimum absolute atomic E-state index is 0.810. The van der Waals surface area contributed by atoms with Crippen LogP contribution in [0.5, 0.6) is 0 Å². The molecule has 0 spiro atoms. The predicted molar refractivity (Wildman–Crippen MR) is 70.9 cm³/mol.